The summed E-state index contributed by atoms with van der Waals surface area (Å²) in [5, 5.41) is 9.83. The van der Waals surface area contributed by atoms with Crippen molar-refractivity contribution in [2.45, 2.75) is 39.5 Å². The standard InChI is InChI=1S/C15H28N4OS.HI/c1-6-20-10-9-18-14(16-5)17-8-7-13-19-12(11-21-13)15(2,3)4;/h11H,6-10H2,1-5H3,(H2,16,17,18);1H. The first kappa shape index (κ1) is 21.6. The van der Waals surface area contributed by atoms with Crippen LogP contribution in [0.3, 0.4) is 0 Å². The number of aromatic nitrogens is 1. The van der Waals surface area contributed by atoms with E-state index in [1.54, 1.807) is 18.4 Å². The van der Waals surface area contributed by atoms with Gasteiger partial charge in [-0.2, -0.15) is 0 Å². The second-order valence-electron chi connectivity index (χ2n) is 5.75. The van der Waals surface area contributed by atoms with Gasteiger partial charge in [0.2, 0.25) is 0 Å². The SMILES string of the molecule is CCOCCNC(=NC)NCCc1nc(C(C)(C)C)cs1.I. The van der Waals surface area contributed by atoms with Crippen LogP contribution in [0.4, 0.5) is 0 Å². The van der Waals surface area contributed by atoms with Crippen molar-refractivity contribution < 1.29 is 4.74 Å². The molecule has 1 aromatic heterocycles. The van der Waals surface area contributed by atoms with Gasteiger partial charge in [-0.15, -0.1) is 35.3 Å². The lowest BCUT2D eigenvalue weighted by atomic mass is 9.93. The van der Waals surface area contributed by atoms with Crippen molar-refractivity contribution in [1.82, 2.24) is 15.6 Å². The molecule has 0 saturated carbocycles. The molecule has 0 amide bonds. The number of hydrogen-bond acceptors (Lipinski definition) is 4. The topological polar surface area (TPSA) is 58.5 Å². The number of ether oxygens (including phenoxy) is 1. The predicted molar refractivity (Wildman–Crippen MR) is 106 cm³/mol. The Morgan fingerprint density at radius 1 is 1.32 bits per heavy atom. The molecule has 128 valence electrons. The smallest absolute Gasteiger partial charge is 0.191 e. The van der Waals surface area contributed by atoms with Crippen LogP contribution in [0.5, 0.6) is 0 Å². The maximum Gasteiger partial charge on any atom is 0.191 e. The normalized spacial score (nSPS) is 12.0. The zero-order valence-electron chi connectivity index (χ0n) is 14.2. The largest absolute Gasteiger partial charge is 0.380 e. The molecule has 22 heavy (non-hydrogen) atoms. The van der Waals surface area contributed by atoms with Gasteiger partial charge in [-0.05, 0) is 6.92 Å². The summed E-state index contributed by atoms with van der Waals surface area (Å²) in [6.07, 6.45) is 0.910. The van der Waals surface area contributed by atoms with Gasteiger partial charge in [-0.1, -0.05) is 20.8 Å². The Labute approximate surface area is 155 Å². The fourth-order valence-electron chi connectivity index (χ4n) is 1.66. The van der Waals surface area contributed by atoms with E-state index in [9.17, 15) is 0 Å². The second kappa shape index (κ2) is 11.2. The van der Waals surface area contributed by atoms with Gasteiger partial charge in [0.1, 0.15) is 0 Å². The first-order valence-electron chi connectivity index (χ1n) is 7.44. The van der Waals surface area contributed by atoms with E-state index in [0.29, 0.717) is 6.61 Å². The number of nitrogens with one attached hydrogen (secondary N) is 2. The van der Waals surface area contributed by atoms with Gasteiger partial charge in [-0.25, -0.2) is 4.98 Å². The molecule has 1 rings (SSSR count). The lowest BCUT2D eigenvalue weighted by Crippen LogP contribution is -2.39. The summed E-state index contributed by atoms with van der Waals surface area (Å²) >= 11 is 1.73. The lowest BCUT2D eigenvalue weighted by molar-refractivity contribution is 0.152. The molecular weight excluding hydrogens is 411 g/mol. The first-order valence-corrected chi connectivity index (χ1v) is 8.32. The molecule has 0 radical (unpaired) electrons. The number of thiazole rings is 1. The molecule has 2 N–H and O–H groups in total. The van der Waals surface area contributed by atoms with E-state index in [4.69, 9.17) is 4.74 Å². The van der Waals surface area contributed by atoms with Crippen LogP contribution in [0.1, 0.15) is 38.4 Å². The molecule has 0 aliphatic heterocycles. The summed E-state index contributed by atoms with van der Waals surface area (Å²) in [4.78, 5) is 8.87. The molecule has 0 aliphatic rings. The molecular formula is C15H29IN4OS. The second-order valence-corrected chi connectivity index (χ2v) is 6.69. The van der Waals surface area contributed by atoms with Crippen molar-refractivity contribution in [3.63, 3.8) is 0 Å². The highest BCUT2D eigenvalue weighted by Crippen LogP contribution is 2.23. The molecule has 0 aromatic carbocycles. The maximum absolute atomic E-state index is 5.28. The highest BCUT2D eigenvalue weighted by Gasteiger charge is 2.17. The molecule has 1 heterocycles. The zero-order valence-corrected chi connectivity index (χ0v) is 17.4. The van der Waals surface area contributed by atoms with E-state index in [0.717, 1.165) is 37.1 Å². The van der Waals surface area contributed by atoms with Gasteiger partial charge in [0.15, 0.2) is 5.96 Å². The van der Waals surface area contributed by atoms with Gasteiger partial charge < -0.3 is 15.4 Å². The van der Waals surface area contributed by atoms with Crippen molar-refractivity contribution >= 4 is 41.3 Å². The summed E-state index contributed by atoms with van der Waals surface area (Å²) in [5.74, 6) is 0.808. The molecule has 0 bridgehead atoms. The van der Waals surface area contributed by atoms with Crippen molar-refractivity contribution in [2.24, 2.45) is 4.99 Å². The fraction of sp³-hybridized carbons (Fsp3) is 0.733. The average molecular weight is 440 g/mol. The Kier molecular flexibility index (Phi) is 11.0. The lowest BCUT2D eigenvalue weighted by Gasteiger charge is -2.14. The van der Waals surface area contributed by atoms with Gasteiger partial charge in [0.05, 0.1) is 17.3 Å². The number of halogens is 1. The van der Waals surface area contributed by atoms with Crippen LogP contribution in [0.25, 0.3) is 0 Å². The third kappa shape index (κ3) is 8.28. The van der Waals surface area contributed by atoms with Gasteiger partial charge in [0, 0.05) is 44.0 Å². The van der Waals surface area contributed by atoms with Crippen LogP contribution in [0.15, 0.2) is 10.4 Å². The number of guanidine groups is 1. The zero-order chi connectivity index (χ0) is 15.7. The van der Waals surface area contributed by atoms with Crippen molar-refractivity contribution in [3.8, 4) is 0 Å². The van der Waals surface area contributed by atoms with E-state index in [1.807, 2.05) is 6.92 Å². The summed E-state index contributed by atoms with van der Waals surface area (Å²) in [5.41, 5.74) is 1.29. The fourth-order valence-corrected chi connectivity index (χ4v) is 2.69. The van der Waals surface area contributed by atoms with Crippen molar-refractivity contribution in [3.05, 3.63) is 16.1 Å². The van der Waals surface area contributed by atoms with Crippen LogP contribution in [-0.2, 0) is 16.6 Å². The Bertz CT molecular complexity index is 443. The van der Waals surface area contributed by atoms with Gasteiger partial charge >= 0.3 is 0 Å². The number of hydrogen-bond donors (Lipinski definition) is 2. The van der Waals surface area contributed by atoms with E-state index in [-0.39, 0.29) is 29.4 Å². The third-order valence-corrected chi connectivity index (χ3v) is 3.83. The predicted octanol–water partition coefficient (Wildman–Crippen LogP) is 2.80. The molecule has 0 aliphatic carbocycles. The quantitative estimate of drug-likeness (QED) is 0.296. The maximum atomic E-state index is 5.28. The van der Waals surface area contributed by atoms with Crippen LogP contribution in [0.2, 0.25) is 0 Å². The van der Waals surface area contributed by atoms with Crippen LogP contribution in [0, 0.1) is 0 Å². The summed E-state index contributed by atoms with van der Waals surface area (Å²) in [6.45, 7) is 11.6. The Morgan fingerprint density at radius 2 is 2.00 bits per heavy atom. The van der Waals surface area contributed by atoms with E-state index < -0.39 is 0 Å². The van der Waals surface area contributed by atoms with Gasteiger partial charge in [-0.3, -0.25) is 4.99 Å². The first-order chi connectivity index (χ1) is 9.97. The minimum atomic E-state index is 0. The molecule has 5 nitrogen and oxygen atoms in total. The Balaban J connectivity index is 0.00000441. The number of rotatable bonds is 7. The Morgan fingerprint density at radius 3 is 2.55 bits per heavy atom. The summed E-state index contributed by atoms with van der Waals surface area (Å²) in [7, 11) is 1.77. The van der Waals surface area contributed by atoms with Crippen molar-refractivity contribution in [2.75, 3.05) is 33.4 Å². The summed E-state index contributed by atoms with van der Waals surface area (Å²) < 4.78 is 5.28. The minimum absolute atomic E-state index is 0. The molecule has 1 aromatic rings. The molecule has 0 unspecified atom stereocenters. The minimum Gasteiger partial charge on any atom is -0.380 e. The molecule has 0 fully saturated rings. The van der Waals surface area contributed by atoms with E-state index in [1.165, 1.54) is 5.69 Å². The van der Waals surface area contributed by atoms with E-state index >= 15 is 0 Å². The molecule has 7 heteroatoms. The van der Waals surface area contributed by atoms with Crippen LogP contribution in [-0.4, -0.2) is 44.3 Å². The van der Waals surface area contributed by atoms with Crippen LogP contribution < -0.4 is 10.6 Å². The van der Waals surface area contributed by atoms with Crippen LogP contribution >= 0.6 is 35.3 Å². The van der Waals surface area contributed by atoms with E-state index in [2.05, 4.69) is 46.8 Å². The highest BCUT2D eigenvalue weighted by atomic mass is 127. The monoisotopic (exact) mass is 440 g/mol. The highest BCUT2D eigenvalue weighted by molar-refractivity contribution is 14.0. The van der Waals surface area contributed by atoms with Gasteiger partial charge in [0.25, 0.3) is 0 Å². The number of aliphatic imine (C=N–C) groups is 1. The third-order valence-electron chi connectivity index (χ3n) is 2.92. The Hall–Kier alpha value is -0.410. The number of nitrogens with zero attached hydrogens (tertiary/aromatic N) is 2. The average Bonchev–Trinajstić information content (AvgIpc) is 2.90. The molecule has 0 spiro atoms. The molecule has 0 saturated heterocycles. The van der Waals surface area contributed by atoms with Crippen molar-refractivity contribution in [1.29, 1.82) is 0 Å². The summed E-state index contributed by atoms with van der Waals surface area (Å²) in [6, 6.07) is 0. The molecule has 0 atom stereocenters.